The lowest BCUT2D eigenvalue weighted by atomic mass is 9.83. The van der Waals surface area contributed by atoms with Gasteiger partial charge in [0.05, 0.1) is 0 Å². The minimum Gasteiger partial charge on any atom is -0.487 e. The number of hydrogen-bond donors (Lipinski definition) is 1. The molecule has 5 nitrogen and oxygen atoms in total. The number of piperidine rings is 1. The van der Waals surface area contributed by atoms with Crippen LogP contribution in [0, 0.1) is 0 Å². The fraction of sp³-hybridized carbons (Fsp3) is 0.438. The summed E-state index contributed by atoms with van der Waals surface area (Å²) in [5.74, 6) is 2.11. The standard InChI is InChI=1S/C16H18ClN3O2/c17-12-2-1-3-13-11(12)4-5-16(21-13)6-8-20(9-7-16)15-10-14(18)22-19-15/h1-3,10H,4-9,18H2. The summed E-state index contributed by atoms with van der Waals surface area (Å²) < 4.78 is 11.3. The predicted molar refractivity (Wildman–Crippen MR) is 85.5 cm³/mol. The number of nitrogens with zero attached hydrogens (tertiary/aromatic N) is 2. The Labute approximate surface area is 134 Å². The van der Waals surface area contributed by atoms with Gasteiger partial charge in [-0.3, -0.25) is 0 Å². The van der Waals surface area contributed by atoms with E-state index in [2.05, 4.69) is 10.1 Å². The molecule has 2 aliphatic heterocycles. The minimum absolute atomic E-state index is 0.0799. The molecule has 0 amide bonds. The third kappa shape index (κ3) is 2.29. The van der Waals surface area contributed by atoms with Gasteiger partial charge in [-0.2, -0.15) is 0 Å². The van der Waals surface area contributed by atoms with Gasteiger partial charge >= 0.3 is 0 Å². The number of fused-ring (bicyclic) bond motifs is 1. The molecule has 2 aliphatic rings. The Kier molecular flexibility index (Phi) is 3.18. The number of anilines is 2. The van der Waals surface area contributed by atoms with Crippen molar-refractivity contribution in [3.05, 3.63) is 34.9 Å². The molecule has 1 aromatic heterocycles. The molecule has 0 atom stereocenters. The average molecular weight is 320 g/mol. The maximum absolute atomic E-state index is 6.35. The van der Waals surface area contributed by atoms with Crippen LogP contribution >= 0.6 is 11.6 Å². The Morgan fingerprint density at radius 1 is 1.23 bits per heavy atom. The molecule has 0 aliphatic carbocycles. The van der Waals surface area contributed by atoms with E-state index in [-0.39, 0.29) is 5.60 Å². The Bertz CT molecular complexity index is 692. The molecule has 22 heavy (non-hydrogen) atoms. The molecule has 0 saturated carbocycles. The summed E-state index contributed by atoms with van der Waals surface area (Å²) in [7, 11) is 0. The van der Waals surface area contributed by atoms with Crippen molar-refractivity contribution in [2.75, 3.05) is 23.7 Å². The van der Waals surface area contributed by atoms with Crippen LogP contribution in [0.1, 0.15) is 24.8 Å². The second-order valence-electron chi connectivity index (χ2n) is 6.08. The van der Waals surface area contributed by atoms with E-state index in [1.165, 1.54) is 0 Å². The van der Waals surface area contributed by atoms with Gasteiger partial charge in [-0.25, -0.2) is 0 Å². The van der Waals surface area contributed by atoms with Crippen molar-refractivity contribution >= 4 is 23.3 Å². The quantitative estimate of drug-likeness (QED) is 0.874. The van der Waals surface area contributed by atoms with Crippen LogP contribution in [-0.4, -0.2) is 23.8 Å². The first kappa shape index (κ1) is 13.8. The third-order valence-electron chi connectivity index (χ3n) is 4.75. The molecule has 1 spiro atoms. The van der Waals surface area contributed by atoms with Gasteiger partial charge in [-0.1, -0.05) is 22.8 Å². The summed E-state index contributed by atoms with van der Waals surface area (Å²) in [5, 5.41) is 4.80. The monoisotopic (exact) mass is 319 g/mol. The van der Waals surface area contributed by atoms with Crippen LogP contribution in [-0.2, 0) is 6.42 Å². The molecule has 1 fully saturated rings. The Balaban J connectivity index is 1.49. The summed E-state index contributed by atoms with van der Waals surface area (Å²) in [6.07, 6.45) is 3.92. The zero-order valence-corrected chi connectivity index (χ0v) is 13.0. The van der Waals surface area contributed by atoms with Crippen LogP contribution in [0.4, 0.5) is 11.7 Å². The summed E-state index contributed by atoms with van der Waals surface area (Å²) in [5.41, 5.74) is 6.66. The fourth-order valence-electron chi connectivity index (χ4n) is 3.44. The summed E-state index contributed by atoms with van der Waals surface area (Å²) in [6, 6.07) is 7.68. The van der Waals surface area contributed by atoms with Gasteiger partial charge in [0.2, 0.25) is 5.88 Å². The zero-order valence-electron chi connectivity index (χ0n) is 12.2. The first-order chi connectivity index (χ1) is 10.7. The normalized spacial score (nSPS) is 19.8. The highest BCUT2D eigenvalue weighted by molar-refractivity contribution is 6.31. The van der Waals surface area contributed by atoms with E-state index < -0.39 is 0 Å². The van der Waals surface area contributed by atoms with Crippen molar-refractivity contribution < 1.29 is 9.26 Å². The lowest BCUT2D eigenvalue weighted by Gasteiger charge is -2.44. The van der Waals surface area contributed by atoms with Crippen LogP contribution in [0.15, 0.2) is 28.8 Å². The van der Waals surface area contributed by atoms with Gasteiger partial charge in [0.25, 0.3) is 0 Å². The van der Waals surface area contributed by atoms with Crippen LogP contribution in [0.5, 0.6) is 5.75 Å². The van der Waals surface area contributed by atoms with Crippen molar-refractivity contribution in [3.8, 4) is 5.75 Å². The van der Waals surface area contributed by atoms with Gasteiger partial charge in [-0.05, 0) is 25.0 Å². The van der Waals surface area contributed by atoms with Gasteiger partial charge in [0, 0.05) is 42.6 Å². The molecular weight excluding hydrogens is 302 g/mol. The second kappa shape index (κ2) is 5.09. The van der Waals surface area contributed by atoms with Crippen LogP contribution in [0.25, 0.3) is 0 Å². The van der Waals surface area contributed by atoms with Crippen LogP contribution in [0.3, 0.4) is 0 Å². The Morgan fingerprint density at radius 2 is 2.05 bits per heavy atom. The molecule has 116 valence electrons. The average Bonchev–Trinajstić information content (AvgIpc) is 2.95. The van der Waals surface area contributed by atoms with Crippen molar-refractivity contribution in [1.29, 1.82) is 0 Å². The lowest BCUT2D eigenvalue weighted by Crippen LogP contribution is -2.50. The van der Waals surface area contributed by atoms with Crippen LogP contribution in [0.2, 0.25) is 5.02 Å². The molecular formula is C16H18ClN3O2. The van der Waals surface area contributed by atoms with Crippen molar-refractivity contribution in [1.82, 2.24) is 5.16 Å². The maximum Gasteiger partial charge on any atom is 0.224 e. The number of halogens is 1. The summed E-state index contributed by atoms with van der Waals surface area (Å²) >= 11 is 6.26. The highest BCUT2D eigenvalue weighted by Gasteiger charge is 2.40. The molecule has 6 heteroatoms. The number of ether oxygens (including phenoxy) is 1. The first-order valence-electron chi connectivity index (χ1n) is 7.59. The number of aromatic nitrogens is 1. The lowest BCUT2D eigenvalue weighted by molar-refractivity contribution is 0.0224. The molecule has 3 heterocycles. The molecule has 0 radical (unpaired) electrons. The summed E-state index contributed by atoms with van der Waals surface area (Å²) in [4.78, 5) is 2.20. The van der Waals surface area contributed by atoms with E-state index in [9.17, 15) is 0 Å². The highest BCUT2D eigenvalue weighted by atomic mass is 35.5. The molecule has 0 bridgehead atoms. The molecule has 2 aromatic rings. The number of nitrogen functional groups attached to an aromatic ring is 1. The molecule has 2 N–H and O–H groups in total. The highest BCUT2D eigenvalue weighted by Crippen LogP contribution is 2.42. The smallest absolute Gasteiger partial charge is 0.224 e. The zero-order chi connectivity index (χ0) is 15.2. The van der Waals surface area contributed by atoms with E-state index in [0.717, 1.165) is 60.9 Å². The van der Waals surface area contributed by atoms with Crippen molar-refractivity contribution in [3.63, 3.8) is 0 Å². The van der Waals surface area contributed by atoms with Crippen molar-refractivity contribution in [2.24, 2.45) is 0 Å². The third-order valence-corrected chi connectivity index (χ3v) is 5.10. The topological polar surface area (TPSA) is 64.5 Å². The SMILES string of the molecule is Nc1cc(N2CCC3(CCc4c(Cl)cccc4O3)CC2)no1. The Morgan fingerprint density at radius 3 is 2.77 bits per heavy atom. The van der Waals surface area contributed by atoms with E-state index in [0.29, 0.717) is 5.88 Å². The van der Waals surface area contributed by atoms with E-state index >= 15 is 0 Å². The van der Waals surface area contributed by atoms with Crippen molar-refractivity contribution in [2.45, 2.75) is 31.3 Å². The molecule has 1 aromatic carbocycles. The molecule has 0 unspecified atom stereocenters. The van der Waals surface area contributed by atoms with E-state index in [1.807, 2.05) is 18.2 Å². The number of nitrogens with two attached hydrogens (primary N) is 1. The van der Waals surface area contributed by atoms with Gasteiger partial charge < -0.3 is 19.9 Å². The number of rotatable bonds is 1. The van der Waals surface area contributed by atoms with E-state index in [4.69, 9.17) is 26.6 Å². The predicted octanol–water partition coefficient (Wildman–Crippen LogP) is 3.27. The molecule has 4 rings (SSSR count). The first-order valence-corrected chi connectivity index (χ1v) is 7.97. The van der Waals surface area contributed by atoms with Gasteiger partial charge in [-0.15, -0.1) is 0 Å². The minimum atomic E-state index is -0.0799. The number of benzene rings is 1. The molecule has 1 saturated heterocycles. The number of hydrogen-bond acceptors (Lipinski definition) is 5. The fourth-order valence-corrected chi connectivity index (χ4v) is 3.70. The van der Waals surface area contributed by atoms with Gasteiger partial charge in [0.15, 0.2) is 5.82 Å². The summed E-state index contributed by atoms with van der Waals surface area (Å²) in [6.45, 7) is 1.78. The Hall–Kier alpha value is -1.88. The van der Waals surface area contributed by atoms with E-state index in [1.54, 1.807) is 6.07 Å². The second-order valence-corrected chi connectivity index (χ2v) is 6.48. The van der Waals surface area contributed by atoms with Crippen LogP contribution < -0.4 is 15.4 Å². The van der Waals surface area contributed by atoms with Gasteiger partial charge in [0.1, 0.15) is 11.4 Å². The maximum atomic E-state index is 6.35. The largest absolute Gasteiger partial charge is 0.487 e.